The molecule has 1 fully saturated rings. The maximum absolute atomic E-state index is 12.6. The molecule has 2 aromatic carbocycles. The van der Waals surface area contributed by atoms with Gasteiger partial charge in [-0.2, -0.15) is 0 Å². The largest absolute Gasteiger partial charge is 0.506 e. The lowest BCUT2D eigenvalue weighted by Crippen LogP contribution is -2.38. The average Bonchev–Trinajstić information content (AvgIpc) is 2.76. The SMILES string of the molecule is CCOc1cc(C(=O)Nc2cc(Cl)ccc2O)ccc1OCC(=O)N1CCCCC1. The quantitative estimate of drug-likeness (QED) is 0.643. The van der Waals surface area contributed by atoms with E-state index >= 15 is 0 Å². The van der Waals surface area contributed by atoms with E-state index in [0.717, 1.165) is 32.4 Å². The summed E-state index contributed by atoms with van der Waals surface area (Å²) >= 11 is 5.92. The smallest absolute Gasteiger partial charge is 0.260 e. The van der Waals surface area contributed by atoms with Gasteiger partial charge >= 0.3 is 0 Å². The highest BCUT2D eigenvalue weighted by atomic mass is 35.5. The van der Waals surface area contributed by atoms with Gasteiger partial charge in [0.15, 0.2) is 18.1 Å². The first-order valence-electron chi connectivity index (χ1n) is 9.95. The Morgan fingerprint density at radius 3 is 2.57 bits per heavy atom. The van der Waals surface area contributed by atoms with Gasteiger partial charge in [-0.05, 0) is 62.6 Å². The second kappa shape index (κ2) is 10.2. The fourth-order valence-corrected chi connectivity index (χ4v) is 3.39. The summed E-state index contributed by atoms with van der Waals surface area (Å²) < 4.78 is 11.3. The van der Waals surface area contributed by atoms with Crippen LogP contribution in [-0.4, -0.2) is 48.1 Å². The summed E-state index contributed by atoms with van der Waals surface area (Å²) in [5.41, 5.74) is 0.519. The van der Waals surface area contributed by atoms with E-state index in [4.69, 9.17) is 21.1 Å². The number of nitrogens with zero attached hydrogens (tertiary/aromatic N) is 1. The lowest BCUT2D eigenvalue weighted by atomic mass is 10.1. The molecule has 30 heavy (non-hydrogen) atoms. The van der Waals surface area contributed by atoms with E-state index in [0.29, 0.717) is 28.7 Å². The van der Waals surface area contributed by atoms with Crippen molar-refractivity contribution in [2.75, 3.05) is 31.6 Å². The molecule has 0 radical (unpaired) electrons. The number of piperidine rings is 1. The monoisotopic (exact) mass is 432 g/mol. The Labute approximate surface area is 180 Å². The van der Waals surface area contributed by atoms with Gasteiger partial charge in [-0.15, -0.1) is 0 Å². The second-order valence-corrected chi connectivity index (χ2v) is 7.38. The summed E-state index contributed by atoms with van der Waals surface area (Å²) in [5, 5.41) is 12.9. The first-order chi connectivity index (χ1) is 14.5. The number of likely N-dealkylation sites (tertiary alicyclic amines) is 1. The van der Waals surface area contributed by atoms with Crippen molar-refractivity contribution in [3.8, 4) is 17.2 Å². The number of ether oxygens (including phenoxy) is 2. The number of rotatable bonds is 7. The highest BCUT2D eigenvalue weighted by molar-refractivity contribution is 6.31. The van der Waals surface area contributed by atoms with Crippen LogP contribution in [0, 0.1) is 0 Å². The van der Waals surface area contributed by atoms with Gasteiger partial charge in [-0.3, -0.25) is 9.59 Å². The van der Waals surface area contributed by atoms with E-state index in [1.807, 2.05) is 11.8 Å². The number of anilines is 1. The van der Waals surface area contributed by atoms with E-state index in [9.17, 15) is 14.7 Å². The van der Waals surface area contributed by atoms with Crippen LogP contribution in [0.5, 0.6) is 17.2 Å². The molecule has 2 amide bonds. The molecule has 8 heteroatoms. The van der Waals surface area contributed by atoms with E-state index in [2.05, 4.69) is 5.32 Å². The summed E-state index contributed by atoms with van der Waals surface area (Å²) in [5.74, 6) is 0.171. The summed E-state index contributed by atoms with van der Waals surface area (Å²) in [6, 6.07) is 9.10. The van der Waals surface area contributed by atoms with Crippen LogP contribution in [0.25, 0.3) is 0 Å². The van der Waals surface area contributed by atoms with Crippen molar-refractivity contribution < 1.29 is 24.2 Å². The minimum Gasteiger partial charge on any atom is -0.506 e. The van der Waals surface area contributed by atoms with Gasteiger partial charge in [0.05, 0.1) is 12.3 Å². The molecule has 0 aromatic heterocycles. The topological polar surface area (TPSA) is 88.1 Å². The molecule has 1 saturated heterocycles. The van der Waals surface area contributed by atoms with Gasteiger partial charge in [-0.1, -0.05) is 11.6 Å². The number of hydrogen-bond donors (Lipinski definition) is 2. The Kier molecular flexibility index (Phi) is 7.41. The summed E-state index contributed by atoms with van der Waals surface area (Å²) in [6.45, 7) is 3.63. The fraction of sp³-hybridized carbons (Fsp3) is 0.364. The Bertz CT molecular complexity index is 912. The van der Waals surface area contributed by atoms with Gasteiger partial charge in [0.2, 0.25) is 0 Å². The number of nitrogens with one attached hydrogen (secondary N) is 1. The molecule has 1 heterocycles. The number of benzene rings is 2. The highest BCUT2D eigenvalue weighted by Gasteiger charge is 2.19. The molecule has 0 saturated carbocycles. The van der Waals surface area contributed by atoms with Crippen LogP contribution in [0.3, 0.4) is 0 Å². The fourth-order valence-electron chi connectivity index (χ4n) is 3.21. The molecule has 0 bridgehead atoms. The zero-order valence-corrected chi connectivity index (χ0v) is 17.6. The third kappa shape index (κ3) is 5.57. The Hall–Kier alpha value is -2.93. The minimum atomic E-state index is -0.440. The highest BCUT2D eigenvalue weighted by Crippen LogP contribution is 2.31. The second-order valence-electron chi connectivity index (χ2n) is 6.94. The van der Waals surface area contributed by atoms with Crippen molar-refractivity contribution in [1.29, 1.82) is 0 Å². The van der Waals surface area contributed by atoms with E-state index < -0.39 is 5.91 Å². The molecule has 0 atom stereocenters. The first-order valence-corrected chi connectivity index (χ1v) is 10.3. The van der Waals surface area contributed by atoms with Gasteiger partial charge in [0, 0.05) is 23.7 Å². The number of hydrogen-bond acceptors (Lipinski definition) is 5. The van der Waals surface area contributed by atoms with E-state index in [1.165, 1.54) is 18.2 Å². The van der Waals surface area contributed by atoms with Crippen molar-refractivity contribution in [3.05, 3.63) is 47.0 Å². The predicted molar refractivity (Wildman–Crippen MR) is 115 cm³/mol. The molecular weight excluding hydrogens is 408 g/mol. The number of carbonyl (C=O) groups excluding carboxylic acids is 2. The molecule has 1 aliphatic heterocycles. The Morgan fingerprint density at radius 1 is 1.07 bits per heavy atom. The van der Waals surface area contributed by atoms with Gasteiger partial charge in [-0.25, -0.2) is 0 Å². The van der Waals surface area contributed by atoms with Crippen LogP contribution in [0.15, 0.2) is 36.4 Å². The Balaban J connectivity index is 1.70. The summed E-state index contributed by atoms with van der Waals surface area (Å²) in [6.07, 6.45) is 3.18. The van der Waals surface area contributed by atoms with Crippen molar-refractivity contribution in [2.24, 2.45) is 0 Å². The van der Waals surface area contributed by atoms with Crippen LogP contribution < -0.4 is 14.8 Å². The van der Waals surface area contributed by atoms with Gasteiger partial charge in [0.25, 0.3) is 11.8 Å². The number of phenols is 1. The maximum atomic E-state index is 12.6. The number of phenolic OH excluding ortho intramolecular Hbond substituents is 1. The molecule has 160 valence electrons. The Morgan fingerprint density at radius 2 is 1.83 bits per heavy atom. The number of halogens is 1. The molecule has 0 aliphatic carbocycles. The zero-order chi connectivity index (χ0) is 21.5. The average molecular weight is 433 g/mol. The van der Waals surface area contributed by atoms with Crippen molar-refractivity contribution in [1.82, 2.24) is 4.90 Å². The molecule has 1 aliphatic rings. The summed E-state index contributed by atoms with van der Waals surface area (Å²) in [4.78, 5) is 26.7. The lowest BCUT2D eigenvalue weighted by molar-refractivity contribution is -0.134. The van der Waals surface area contributed by atoms with Crippen LogP contribution in [0.1, 0.15) is 36.5 Å². The molecular formula is C22H25ClN2O5. The molecule has 2 N–H and O–H groups in total. The molecule has 0 unspecified atom stereocenters. The predicted octanol–water partition coefficient (Wildman–Crippen LogP) is 4.09. The molecule has 2 aromatic rings. The van der Waals surface area contributed by atoms with Crippen LogP contribution in [0.2, 0.25) is 5.02 Å². The summed E-state index contributed by atoms with van der Waals surface area (Å²) in [7, 11) is 0. The van der Waals surface area contributed by atoms with Gasteiger partial charge in [0.1, 0.15) is 5.75 Å². The van der Waals surface area contributed by atoms with Gasteiger partial charge < -0.3 is 24.8 Å². The minimum absolute atomic E-state index is 0.0598. The molecule has 7 nitrogen and oxygen atoms in total. The van der Waals surface area contributed by atoms with Crippen molar-refractivity contribution >= 4 is 29.1 Å². The van der Waals surface area contributed by atoms with Crippen LogP contribution in [-0.2, 0) is 4.79 Å². The molecule has 0 spiro atoms. The first kappa shape index (κ1) is 21.8. The van der Waals surface area contributed by atoms with Crippen LogP contribution in [0.4, 0.5) is 5.69 Å². The molecule has 3 rings (SSSR count). The maximum Gasteiger partial charge on any atom is 0.260 e. The number of amides is 2. The standard InChI is InChI=1S/C22H25ClN2O5/c1-2-29-20-12-15(22(28)24-17-13-16(23)7-8-18(17)26)6-9-19(20)30-14-21(27)25-10-4-3-5-11-25/h6-9,12-13,26H,2-5,10-11,14H2,1H3,(H,24,28). The normalized spacial score (nSPS) is 13.6. The van der Waals surface area contributed by atoms with E-state index in [1.54, 1.807) is 18.2 Å². The third-order valence-electron chi connectivity index (χ3n) is 4.77. The third-order valence-corrected chi connectivity index (χ3v) is 5.01. The van der Waals surface area contributed by atoms with Crippen LogP contribution >= 0.6 is 11.6 Å². The zero-order valence-electron chi connectivity index (χ0n) is 16.8. The van der Waals surface area contributed by atoms with Crippen molar-refractivity contribution in [2.45, 2.75) is 26.2 Å². The lowest BCUT2D eigenvalue weighted by Gasteiger charge is -2.26. The van der Waals surface area contributed by atoms with Crippen molar-refractivity contribution in [3.63, 3.8) is 0 Å². The number of carbonyl (C=O) groups is 2. The van der Waals surface area contributed by atoms with E-state index in [-0.39, 0.29) is 24.0 Å². The number of aromatic hydroxyl groups is 1.